The summed E-state index contributed by atoms with van der Waals surface area (Å²) in [4.78, 5) is 10.8. The second kappa shape index (κ2) is 4.43. The summed E-state index contributed by atoms with van der Waals surface area (Å²) >= 11 is 0. The Morgan fingerprint density at radius 3 is 2.62 bits per heavy atom. The van der Waals surface area contributed by atoms with E-state index < -0.39 is 5.97 Å². The van der Waals surface area contributed by atoms with E-state index in [0.29, 0.717) is 11.5 Å². The monoisotopic (exact) mass is 222 g/mol. The van der Waals surface area contributed by atoms with Crippen molar-refractivity contribution >= 4 is 5.97 Å². The van der Waals surface area contributed by atoms with E-state index in [0.717, 1.165) is 12.8 Å². The maximum atomic E-state index is 10.8. The highest BCUT2D eigenvalue weighted by atomic mass is 16.5. The van der Waals surface area contributed by atoms with Crippen LogP contribution in [0, 0.1) is 0 Å². The van der Waals surface area contributed by atoms with Gasteiger partial charge in [-0.05, 0) is 37.5 Å². The minimum absolute atomic E-state index is 0.206. The number of carboxylic acids is 1. The highest BCUT2D eigenvalue weighted by Crippen LogP contribution is 2.33. The summed E-state index contributed by atoms with van der Waals surface area (Å²) in [5.41, 5.74) is 0.218. The molecule has 0 saturated heterocycles. The van der Waals surface area contributed by atoms with Crippen molar-refractivity contribution in [3.8, 4) is 11.5 Å². The Morgan fingerprint density at radius 1 is 1.38 bits per heavy atom. The lowest BCUT2D eigenvalue weighted by Crippen LogP contribution is -2.24. The van der Waals surface area contributed by atoms with Crippen LogP contribution in [-0.2, 0) is 0 Å². The zero-order valence-corrected chi connectivity index (χ0v) is 9.10. The number of methoxy groups -OCH3 is 1. The average molecular weight is 222 g/mol. The molecule has 1 aromatic carbocycles. The molecule has 2 rings (SSSR count). The third kappa shape index (κ3) is 2.10. The summed E-state index contributed by atoms with van der Waals surface area (Å²) in [7, 11) is 1.55. The molecule has 0 aliphatic heterocycles. The number of carbonyl (C=O) groups is 1. The SMILES string of the molecule is COc1ccc(C(=O)O)cc1OC1CCC1. The van der Waals surface area contributed by atoms with E-state index >= 15 is 0 Å². The lowest BCUT2D eigenvalue weighted by Gasteiger charge is -2.27. The van der Waals surface area contributed by atoms with Crippen molar-refractivity contribution in [2.24, 2.45) is 0 Å². The van der Waals surface area contributed by atoms with Crippen molar-refractivity contribution in [3.63, 3.8) is 0 Å². The summed E-state index contributed by atoms with van der Waals surface area (Å²) < 4.78 is 10.8. The Morgan fingerprint density at radius 2 is 2.12 bits per heavy atom. The highest BCUT2D eigenvalue weighted by Gasteiger charge is 2.21. The standard InChI is InChI=1S/C12H14O4/c1-15-10-6-5-8(12(13)14)7-11(10)16-9-3-2-4-9/h5-7,9H,2-4H2,1H3,(H,13,14). The van der Waals surface area contributed by atoms with Crippen LogP contribution in [0.2, 0.25) is 0 Å². The Bertz CT molecular complexity index is 396. The van der Waals surface area contributed by atoms with Crippen LogP contribution in [0.4, 0.5) is 0 Å². The van der Waals surface area contributed by atoms with E-state index in [9.17, 15) is 4.79 Å². The van der Waals surface area contributed by atoms with Gasteiger partial charge >= 0.3 is 5.97 Å². The van der Waals surface area contributed by atoms with Crippen molar-refractivity contribution in [2.75, 3.05) is 7.11 Å². The van der Waals surface area contributed by atoms with Gasteiger partial charge in [0.2, 0.25) is 0 Å². The van der Waals surface area contributed by atoms with Gasteiger partial charge in [-0.15, -0.1) is 0 Å². The van der Waals surface area contributed by atoms with Crippen molar-refractivity contribution in [3.05, 3.63) is 23.8 Å². The zero-order valence-electron chi connectivity index (χ0n) is 9.10. The number of benzene rings is 1. The third-order valence-corrected chi connectivity index (χ3v) is 2.76. The van der Waals surface area contributed by atoms with E-state index in [1.54, 1.807) is 13.2 Å². The molecule has 0 aromatic heterocycles. The predicted octanol–water partition coefficient (Wildman–Crippen LogP) is 2.32. The number of carboxylic acid groups (broad SMARTS) is 1. The molecular formula is C12H14O4. The first kappa shape index (κ1) is 10.8. The predicted molar refractivity (Wildman–Crippen MR) is 58.2 cm³/mol. The Balaban J connectivity index is 2.23. The van der Waals surface area contributed by atoms with Crippen LogP contribution < -0.4 is 9.47 Å². The summed E-state index contributed by atoms with van der Waals surface area (Å²) in [6, 6.07) is 4.64. The second-order valence-corrected chi connectivity index (χ2v) is 3.84. The van der Waals surface area contributed by atoms with Gasteiger partial charge in [0.1, 0.15) is 0 Å². The molecule has 0 unspecified atom stereocenters. The molecule has 0 heterocycles. The summed E-state index contributed by atoms with van der Waals surface area (Å²) in [6.45, 7) is 0. The smallest absolute Gasteiger partial charge is 0.335 e. The highest BCUT2D eigenvalue weighted by molar-refractivity contribution is 5.88. The van der Waals surface area contributed by atoms with E-state index in [1.807, 2.05) is 0 Å². The quantitative estimate of drug-likeness (QED) is 0.849. The molecule has 1 aliphatic rings. The maximum Gasteiger partial charge on any atom is 0.335 e. The first-order valence-corrected chi connectivity index (χ1v) is 5.28. The third-order valence-electron chi connectivity index (χ3n) is 2.76. The molecule has 16 heavy (non-hydrogen) atoms. The van der Waals surface area contributed by atoms with Crippen LogP contribution in [0.3, 0.4) is 0 Å². The van der Waals surface area contributed by atoms with Gasteiger partial charge in [-0.3, -0.25) is 0 Å². The van der Waals surface area contributed by atoms with Crippen LogP contribution in [-0.4, -0.2) is 24.3 Å². The lowest BCUT2D eigenvalue weighted by molar-refractivity contribution is 0.0694. The molecule has 1 saturated carbocycles. The molecular weight excluding hydrogens is 208 g/mol. The molecule has 86 valence electrons. The van der Waals surface area contributed by atoms with Crippen molar-refractivity contribution in [2.45, 2.75) is 25.4 Å². The van der Waals surface area contributed by atoms with Gasteiger partial charge in [-0.2, -0.15) is 0 Å². The Hall–Kier alpha value is -1.71. The van der Waals surface area contributed by atoms with E-state index in [-0.39, 0.29) is 11.7 Å². The largest absolute Gasteiger partial charge is 0.493 e. The summed E-state index contributed by atoms with van der Waals surface area (Å²) in [6.07, 6.45) is 3.44. The Kier molecular flexibility index (Phi) is 2.99. The number of hydrogen-bond donors (Lipinski definition) is 1. The molecule has 1 fully saturated rings. The second-order valence-electron chi connectivity index (χ2n) is 3.84. The average Bonchev–Trinajstić information content (AvgIpc) is 2.23. The topological polar surface area (TPSA) is 55.8 Å². The first-order chi connectivity index (χ1) is 7.70. The summed E-state index contributed by atoms with van der Waals surface area (Å²) in [5, 5.41) is 8.88. The van der Waals surface area contributed by atoms with Crippen LogP contribution in [0.5, 0.6) is 11.5 Å². The number of rotatable bonds is 4. The fourth-order valence-corrected chi connectivity index (χ4v) is 1.57. The molecule has 0 spiro atoms. The van der Waals surface area contributed by atoms with Gasteiger partial charge in [-0.25, -0.2) is 4.79 Å². The van der Waals surface area contributed by atoms with Gasteiger partial charge in [0.15, 0.2) is 11.5 Å². The van der Waals surface area contributed by atoms with Crippen LogP contribution in [0.15, 0.2) is 18.2 Å². The molecule has 4 nitrogen and oxygen atoms in total. The normalized spacial score (nSPS) is 15.3. The molecule has 0 amide bonds. The van der Waals surface area contributed by atoms with E-state index in [4.69, 9.17) is 14.6 Å². The van der Waals surface area contributed by atoms with Gasteiger partial charge in [0.05, 0.1) is 18.8 Å². The van der Waals surface area contributed by atoms with Crippen molar-refractivity contribution < 1.29 is 19.4 Å². The lowest BCUT2D eigenvalue weighted by atomic mass is 9.96. The first-order valence-electron chi connectivity index (χ1n) is 5.28. The fourth-order valence-electron chi connectivity index (χ4n) is 1.57. The van der Waals surface area contributed by atoms with Crippen LogP contribution in [0.1, 0.15) is 29.6 Å². The molecule has 0 atom stereocenters. The van der Waals surface area contributed by atoms with E-state index in [2.05, 4.69) is 0 Å². The molecule has 1 aromatic rings. The number of aromatic carboxylic acids is 1. The Labute approximate surface area is 93.8 Å². The van der Waals surface area contributed by atoms with Crippen LogP contribution >= 0.6 is 0 Å². The van der Waals surface area contributed by atoms with Gasteiger partial charge in [0.25, 0.3) is 0 Å². The van der Waals surface area contributed by atoms with Gasteiger partial charge in [0, 0.05) is 0 Å². The maximum absolute atomic E-state index is 10.8. The fraction of sp³-hybridized carbons (Fsp3) is 0.417. The number of ether oxygens (including phenoxy) is 2. The molecule has 0 bridgehead atoms. The van der Waals surface area contributed by atoms with Gasteiger partial charge < -0.3 is 14.6 Å². The minimum Gasteiger partial charge on any atom is -0.493 e. The minimum atomic E-state index is -0.957. The summed E-state index contributed by atoms with van der Waals surface area (Å²) in [5.74, 6) is 0.144. The molecule has 0 radical (unpaired) electrons. The van der Waals surface area contributed by atoms with Crippen LogP contribution in [0.25, 0.3) is 0 Å². The zero-order chi connectivity index (χ0) is 11.5. The number of hydrogen-bond acceptors (Lipinski definition) is 3. The molecule has 4 heteroatoms. The van der Waals surface area contributed by atoms with Crippen molar-refractivity contribution in [1.82, 2.24) is 0 Å². The molecule has 1 aliphatic carbocycles. The van der Waals surface area contributed by atoms with E-state index in [1.165, 1.54) is 18.6 Å². The van der Waals surface area contributed by atoms with Gasteiger partial charge in [-0.1, -0.05) is 0 Å². The van der Waals surface area contributed by atoms with Crippen molar-refractivity contribution in [1.29, 1.82) is 0 Å². The molecule has 1 N–H and O–H groups in total.